The average molecular weight is 313 g/mol. The molecule has 22 heavy (non-hydrogen) atoms. The highest BCUT2D eigenvalue weighted by atomic mass is 16.3. The zero-order chi connectivity index (χ0) is 16.9. The van der Waals surface area contributed by atoms with Crippen LogP contribution in [0.1, 0.15) is 47.0 Å². The molecule has 1 fully saturated rings. The quantitative estimate of drug-likeness (QED) is 0.818. The molecule has 0 aliphatic carbocycles. The topological polar surface area (TPSA) is 55.8 Å². The van der Waals surface area contributed by atoms with Crippen molar-refractivity contribution in [2.45, 2.75) is 59.1 Å². The molecule has 1 aliphatic heterocycles. The summed E-state index contributed by atoms with van der Waals surface area (Å²) in [7, 11) is 4.12. The minimum absolute atomic E-state index is 0.0442. The van der Waals surface area contributed by atoms with Gasteiger partial charge in [0.15, 0.2) is 0 Å². The van der Waals surface area contributed by atoms with E-state index in [0.29, 0.717) is 5.92 Å². The Bertz CT molecular complexity index is 342. The number of hydrogen-bond donors (Lipinski definition) is 2. The van der Waals surface area contributed by atoms with E-state index in [4.69, 9.17) is 0 Å². The number of aliphatic hydroxyl groups excluding tert-OH is 1. The molecule has 0 aromatic heterocycles. The fraction of sp³-hybridized carbons (Fsp3) is 0.941. The maximum atomic E-state index is 12.5. The number of likely N-dealkylation sites (tertiary alicyclic amines) is 1. The number of urea groups is 1. The van der Waals surface area contributed by atoms with Crippen molar-refractivity contribution in [2.75, 3.05) is 33.7 Å². The van der Waals surface area contributed by atoms with Crippen LogP contribution in [0.2, 0.25) is 0 Å². The van der Waals surface area contributed by atoms with Crippen LogP contribution in [0.5, 0.6) is 0 Å². The summed E-state index contributed by atoms with van der Waals surface area (Å²) in [6.07, 6.45) is 2.46. The van der Waals surface area contributed by atoms with Gasteiger partial charge in [-0.3, -0.25) is 0 Å². The smallest absolute Gasteiger partial charge is 0.317 e. The molecule has 1 rings (SSSR count). The lowest BCUT2D eigenvalue weighted by atomic mass is 9.84. The van der Waals surface area contributed by atoms with Gasteiger partial charge in [-0.25, -0.2) is 4.79 Å². The van der Waals surface area contributed by atoms with Crippen LogP contribution in [0.15, 0.2) is 0 Å². The van der Waals surface area contributed by atoms with Crippen LogP contribution in [-0.2, 0) is 0 Å². The number of amides is 2. The van der Waals surface area contributed by atoms with E-state index in [1.807, 2.05) is 11.8 Å². The highest BCUT2D eigenvalue weighted by Crippen LogP contribution is 2.24. The summed E-state index contributed by atoms with van der Waals surface area (Å²) in [5.74, 6) is 0.330. The maximum Gasteiger partial charge on any atom is 0.317 e. The molecular formula is C17H35N3O2. The van der Waals surface area contributed by atoms with Crippen LogP contribution in [0.3, 0.4) is 0 Å². The minimum atomic E-state index is -0.271. The van der Waals surface area contributed by atoms with Crippen LogP contribution in [-0.4, -0.2) is 66.8 Å². The summed E-state index contributed by atoms with van der Waals surface area (Å²) >= 11 is 0. The molecule has 2 amide bonds. The largest absolute Gasteiger partial charge is 0.393 e. The van der Waals surface area contributed by atoms with Gasteiger partial charge < -0.3 is 20.2 Å². The molecule has 0 radical (unpaired) electrons. The van der Waals surface area contributed by atoms with Gasteiger partial charge in [0.2, 0.25) is 0 Å². The lowest BCUT2D eigenvalue weighted by Gasteiger charge is -2.37. The van der Waals surface area contributed by atoms with E-state index in [-0.39, 0.29) is 23.6 Å². The highest BCUT2D eigenvalue weighted by molar-refractivity contribution is 5.74. The summed E-state index contributed by atoms with van der Waals surface area (Å²) in [6.45, 7) is 10.8. The molecule has 2 N–H and O–H groups in total. The van der Waals surface area contributed by atoms with Crippen molar-refractivity contribution in [2.24, 2.45) is 11.3 Å². The fourth-order valence-corrected chi connectivity index (χ4v) is 2.93. The normalized spacial score (nSPS) is 20.1. The van der Waals surface area contributed by atoms with Crippen molar-refractivity contribution in [3.63, 3.8) is 0 Å². The summed E-state index contributed by atoms with van der Waals surface area (Å²) in [4.78, 5) is 16.6. The van der Waals surface area contributed by atoms with Crippen LogP contribution in [0.25, 0.3) is 0 Å². The van der Waals surface area contributed by atoms with Crippen LogP contribution in [0.4, 0.5) is 4.79 Å². The summed E-state index contributed by atoms with van der Waals surface area (Å²) < 4.78 is 0. The Kier molecular flexibility index (Phi) is 7.13. The van der Waals surface area contributed by atoms with Crippen LogP contribution >= 0.6 is 0 Å². The number of hydrogen-bond acceptors (Lipinski definition) is 3. The first-order valence-electron chi connectivity index (χ1n) is 8.49. The fourth-order valence-electron chi connectivity index (χ4n) is 2.93. The Morgan fingerprint density at radius 1 is 1.32 bits per heavy atom. The number of nitrogens with zero attached hydrogens (tertiary/aromatic N) is 2. The van der Waals surface area contributed by atoms with E-state index in [0.717, 1.165) is 38.9 Å². The molecule has 0 bridgehead atoms. The number of nitrogens with one attached hydrogen (secondary N) is 1. The molecule has 130 valence electrons. The third kappa shape index (κ3) is 6.13. The molecule has 2 atom stereocenters. The first-order valence-corrected chi connectivity index (χ1v) is 8.49. The second-order valence-electron chi connectivity index (χ2n) is 8.03. The SMILES string of the molecule is CC(O)C1CCN(C(=O)NC(CCN(C)C)C(C)(C)C)CC1. The van der Waals surface area contributed by atoms with Gasteiger partial charge in [-0.2, -0.15) is 0 Å². The van der Waals surface area contributed by atoms with Gasteiger partial charge in [0.25, 0.3) is 0 Å². The lowest BCUT2D eigenvalue weighted by molar-refractivity contribution is 0.0779. The van der Waals surface area contributed by atoms with E-state index in [1.165, 1.54) is 0 Å². The van der Waals surface area contributed by atoms with Crippen molar-refractivity contribution in [1.82, 2.24) is 15.1 Å². The van der Waals surface area contributed by atoms with E-state index in [2.05, 4.69) is 45.1 Å². The average Bonchev–Trinajstić information content (AvgIpc) is 2.41. The Morgan fingerprint density at radius 2 is 1.86 bits per heavy atom. The maximum absolute atomic E-state index is 12.5. The zero-order valence-corrected chi connectivity index (χ0v) is 15.2. The van der Waals surface area contributed by atoms with Gasteiger partial charge in [0, 0.05) is 19.1 Å². The van der Waals surface area contributed by atoms with Crippen LogP contribution in [0, 0.1) is 11.3 Å². The van der Waals surface area contributed by atoms with E-state index >= 15 is 0 Å². The highest BCUT2D eigenvalue weighted by Gasteiger charge is 2.30. The van der Waals surface area contributed by atoms with Crippen molar-refractivity contribution in [3.05, 3.63) is 0 Å². The standard InChI is InChI=1S/C17H35N3O2/c1-13(21)14-7-11-20(12-8-14)16(22)18-15(17(2,3)4)9-10-19(5)6/h13-15,21H,7-12H2,1-6H3,(H,18,22). The molecule has 0 spiro atoms. The number of aliphatic hydroxyl groups is 1. The second kappa shape index (κ2) is 8.16. The Morgan fingerprint density at radius 3 is 2.27 bits per heavy atom. The minimum Gasteiger partial charge on any atom is -0.393 e. The van der Waals surface area contributed by atoms with Crippen molar-refractivity contribution in [3.8, 4) is 0 Å². The summed E-state index contributed by atoms with van der Waals surface area (Å²) in [5, 5.41) is 12.9. The number of carbonyl (C=O) groups excluding carboxylic acids is 1. The third-order valence-corrected chi connectivity index (χ3v) is 4.72. The Hall–Kier alpha value is -0.810. The molecular weight excluding hydrogens is 278 g/mol. The molecule has 5 heteroatoms. The monoisotopic (exact) mass is 313 g/mol. The number of piperidine rings is 1. The van der Waals surface area contributed by atoms with Crippen molar-refractivity contribution >= 4 is 6.03 Å². The molecule has 0 aromatic rings. The number of carbonyl (C=O) groups is 1. The Balaban J connectivity index is 2.53. The van der Waals surface area contributed by atoms with E-state index < -0.39 is 0 Å². The van der Waals surface area contributed by atoms with Gasteiger partial charge in [-0.05, 0) is 58.2 Å². The van der Waals surface area contributed by atoms with Gasteiger partial charge in [0.1, 0.15) is 0 Å². The van der Waals surface area contributed by atoms with Gasteiger partial charge >= 0.3 is 6.03 Å². The van der Waals surface area contributed by atoms with E-state index in [9.17, 15) is 9.90 Å². The van der Waals surface area contributed by atoms with Gasteiger partial charge in [-0.15, -0.1) is 0 Å². The Labute approximate surface area is 136 Å². The second-order valence-corrected chi connectivity index (χ2v) is 8.03. The van der Waals surface area contributed by atoms with Gasteiger partial charge in [-0.1, -0.05) is 20.8 Å². The summed E-state index contributed by atoms with van der Waals surface area (Å²) in [5.41, 5.74) is 0.0452. The molecule has 5 nitrogen and oxygen atoms in total. The van der Waals surface area contributed by atoms with Crippen molar-refractivity contribution in [1.29, 1.82) is 0 Å². The zero-order valence-electron chi connectivity index (χ0n) is 15.2. The van der Waals surface area contributed by atoms with E-state index in [1.54, 1.807) is 0 Å². The predicted molar refractivity (Wildman–Crippen MR) is 90.9 cm³/mol. The third-order valence-electron chi connectivity index (χ3n) is 4.72. The predicted octanol–water partition coefficient (Wildman–Crippen LogP) is 2.16. The molecule has 1 heterocycles. The number of rotatable bonds is 5. The first-order chi connectivity index (χ1) is 10.1. The van der Waals surface area contributed by atoms with Crippen LogP contribution < -0.4 is 5.32 Å². The van der Waals surface area contributed by atoms with Crippen molar-refractivity contribution < 1.29 is 9.90 Å². The molecule has 2 unspecified atom stereocenters. The molecule has 1 saturated heterocycles. The van der Waals surface area contributed by atoms with Gasteiger partial charge in [0.05, 0.1) is 6.10 Å². The summed E-state index contributed by atoms with van der Waals surface area (Å²) in [6, 6.07) is 0.208. The lowest BCUT2D eigenvalue weighted by Crippen LogP contribution is -2.52. The molecule has 0 aromatic carbocycles. The first kappa shape index (κ1) is 19.2. The molecule has 0 saturated carbocycles. The molecule has 1 aliphatic rings.